The third-order valence-electron chi connectivity index (χ3n) is 3.60. The molecule has 1 aliphatic rings. The topological polar surface area (TPSA) is 38.3 Å². The lowest BCUT2D eigenvalue weighted by Gasteiger charge is -2.27. The van der Waals surface area contributed by atoms with Gasteiger partial charge in [-0.1, -0.05) is 39.7 Å². The summed E-state index contributed by atoms with van der Waals surface area (Å²) in [6.45, 7) is 2.67. The van der Waals surface area contributed by atoms with E-state index in [0.29, 0.717) is 12.2 Å². The van der Waals surface area contributed by atoms with E-state index in [0.717, 1.165) is 22.2 Å². The smallest absolute Gasteiger partial charge is 0.251 e. The molecule has 3 nitrogen and oxygen atoms in total. The molecule has 21 heavy (non-hydrogen) atoms. The van der Waals surface area contributed by atoms with Crippen molar-refractivity contribution in [1.82, 2.24) is 5.32 Å². The fourth-order valence-corrected chi connectivity index (χ4v) is 2.93. The minimum Gasteiger partial charge on any atom is -0.493 e. The summed E-state index contributed by atoms with van der Waals surface area (Å²) in [6.07, 6.45) is 0.788. The molecule has 0 saturated carbocycles. The number of hydrogen-bond donors (Lipinski definition) is 1. The Kier molecular flexibility index (Phi) is 3.97. The Balaban J connectivity index is 1.83. The van der Waals surface area contributed by atoms with Crippen molar-refractivity contribution in [1.29, 1.82) is 0 Å². The Morgan fingerprint density at radius 1 is 1.29 bits per heavy atom. The average molecular weight is 346 g/mol. The van der Waals surface area contributed by atoms with Gasteiger partial charge in [-0.05, 0) is 31.2 Å². The molecule has 1 atom stereocenters. The molecule has 0 saturated heterocycles. The van der Waals surface area contributed by atoms with Crippen molar-refractivity contribution in [2.45, 2.75) is 19.4 Å². The van der Waals surface area contributed by atoms with Gasteiger partial charge in [-0.3, -0.25) is 4.79 Å². The number of nitrogens with one attached hydrogen (secondary N) is 1. The highest BCUT2D eigenvalue weighted by atomic mass is 79.9. The molecule has 0 fully saturated rings. The number of halogens is 1. The summed E-state index contributed by atoms with van der Waals surface area (Å²) in [5.74, 6) is 0.807. The number of amides is 1. The molecule has 2 aromatic rings. The Morgan fingerprint density at radius 2 is 2.14 bits per heavy atom. The van der Waals surface area contributed by atoms with Crippen LogP contribution in [0.15, 0.2) is 46.9 Å². The monoisotopic (exact) mass is 345 g/mol. The predicted molar refractivity (Wildman–Crippen MR) is 85.6 cm³/mol. The van der Waals surface area contributed by atoms with Crippen LogP contribution in [0.5, 0.6) is 5.75 Å². The van der Waals surface area contributed by atoms with Crippen LogP contribution in [0.4, 0.5) is 0 Å². The molecule has 0 radical (unpaired) electrons. The van der Waals surface area contributed by atoms with Crippen molar-refractivity contribution in [3.05, 3.63) is 63.6 Å². The largest absolute Gasteiger partial charge is 0.493 e. The minimum atomic E-state index is -0.0596. The van der Waals surface area contributed by atoms with Gasteiger partial charge in [0.05, 0.1) is 12.6 Å². The Bertz CT molecular complexity index is 684. The molecule has 2 aromatic carbocycles. The lowest BCUT2D eigenvalue weighted by Crippen LogP contribution is -2.32. The van der Waals surface area contributed by atoms with Crippen LogP contribution in [0.1, 0.15) is 33.9 Å². The Hall–Kier alpha value is -1.81. The zero-order valence-corrected chi connectivity index (χ0v) is 13.3. The molecule has 0 aromatic heterocycles. The Labute approximate surface area is 132 Å². The van der Waals surface area contributed by atoms with Crippen LogP contribution in [-0.4, -0.2) is 12.5 Å². The standard InChI is InChI=1S/C17H16BrNO2/c1-11-5-6-16-14(9-11)15(7-8-21-16)19-17(20)12-3-2-4-13(18)10-12/h2-6,9-10,15H,7-8H2,1H3,(H,19,20). The molecular formula is C17H16BrNO2. The van der Waals surface area contributed by atoms with Gasteiger partial charge in [0.25, 0.3) is 5.91 Å². The predicted octanol–water partition coefficient (Wildman–Crippen LogP) is 4.01. The maximum Gasteiger partial charge on any atom is 0.251 e. The quantitative estimate of drug-likeness (QED) is 0.892. The molecule has 0 spiro atoms. The second kappa shape index (κ2) is 5.90. The van der Waals surface area contributed by atoms with Gasteiger partial charge in [-0.25, -0.2) is 0 Å². The van der Waals surface area contributed by atoms with E-state index in [9.17, 15) is 4.79 Å². The molecular weight excluding hydrogens is 330 g/mol. The molecule has 0 aliphatic carbocycles. The summed E-state index contributed by atoms with van der Waals surface area (Å²) in [4.78, 5) is 12.4. The number of fused-ring (bicyclic) bond motifs is 1. The molecule has 1 aliphatic heterocycles. The third kappa shape index (κ3) is 3.10. The van der Waals surface area contributed by atoms with Crippen LogP contribution in [0.2, 0.25) is 0 Å². The van der Waals surface area contributed by atoms with Gasteiger partial charge in [0.1, 0.15) is 5.75 Å². The normalized spacial score (nSPS) is 16.8. The maximum atomic E-state index is 12.4. The molecule has 1 heterocycles. The number of rotatable bonds is 2. The maximum absolute atomic E-state index is 12.4. The van der Waals surface area contributed by atoms with Crippen LogP contribution in [0, 0.1) is 6.92 Å². The first kappa shape index (κ1) is 14.1. The second-order valence-electron chi connectivity index (χ2n) is 5.21. The number of benzene rings is 2. The minimum absolute atomic E-state index is 0.000122. The van der Waals surface area contributed by atoms with E-state index < -0.39 is 0 Å². The highest BCUT2D eigenvalue weighted by Crippen LogP contribution is 2.32. The van der Waals surface area contributed by atoms with Gasteiger partial charge in [0.15, 0.2) is 0 Å². The van der Waals surface area contributed by atoms with Crippen molar-refractivity contribution in [2.75, 3.05) is 6.61 Å². The fraction of sp³-hybridized carbons (Fsp3) is 0.235. The van der Waals surface area contributed by atoms with Crippen molar-refractivity contribution in [2.24, 2.45) is 0 Å². The zero-order chi connectivity index (χ0) is 14.8. The van der Waals surface area contributed by atoms with E-state index in [1.807, 2.05) is 43.3 Å². The summed E-state index contributed by atoms with van der Waals surface area (Å²) < 4.78 is 6.56. The lowest BCUT2D eigenvalue weighted by molar-refractivity contribution is 0.0924. The first-order valence-electron chi connectivity index (χ1n) is 6.93. The van der Waals surface area contributed by atoms with Crippen LogP contribution >= 0.6 is 15.9 Å². The second-order valence-corrected chi connectivity index (χ2v) is 6.13. The van der Waals surface area contributed by atoms with E-state index >= 15 is 0 Å². The summed E-state index contributed by atoms with van der Waals surface area (Å²) in [6, 6.07) is 13.5. The number of ether oxygens (including phenoxy) is 1. The van der Waals surface area contributed by atoms with Crippen molar-refractivity contribution >= 4 is 21.8 Å². The highest BCUT2D eigenvalue weighted by molar-refractivity contribution is 9.10. The van der Waals surface area contributed by atoms with Crippen molar-refractivity contribution < 1.29 is 9.53 Å². The number of hydrogen-bond acceptors (Lipinski definition) is 2. The van der Waals surface area contributed by atoms with E-state index in [2.05, 4.69) is 27.3 Å². The molecule has 4 heteroatoms. The van der Waals surface area contributed by atoms with Gasteiger partial charge in [-0.15, -0.1) is 0 Å². The molecule has 1 unspecified atom stereocenters. The van der Waals surface area contributed by atoms with Crippen LogP contribution in [0.25, 0.3) is 0 Å². The molecule has 0 bridgehead atoms. The van der Waals surface area contributed by atoms with Gasteiger partial charge in [0.2, 0.25) is 0 Å². The first-order chi connectivity index (χ1) is 10.1. The SMILES string of the molecule is Cc1ccc2c(c1)C(NC(=O)c1cccc(Br)c1)CCO2. The summed E-state index contributed by atoms with van der Waals surface area (Å²) in [5, 5.41) is 3.11. The lowest BCUT2D eigenvalue weighted by atomic mass is 9.98. The van der Waals surface area contributed by atoms with Crippen LogP contribution in [0.3, 0.4) is 0 Å². The van der Waals surface area contributed by atoms with Gasteiger partial charge in [-0.2, -0.15) is 0 Å². The summed E-state index contributed by atoms with van der Waals surface area (Å²) >= 11 is 3.39. The third-order valence-corrected chi connectivity index (χ3v) is 4.09. The number of carbonyl (C=O) groups excluding carboxylic acids is 1. The molecule has 3 rings (SSSR count). The first-order valence-corrected chi connectivity index (χ1v) is 7.72. The van der Waals surface area contributed by atoms with Gasteiger partial charge in [0, 0.05) is 22.0 Å². The van der Waals surface area contributed by atoms with E-state index in [4.69, 9.17) is 4.74 Å². The van der Waals surface area contributed by atoms with E-state index in [1.165, 1.54) is 5.56 Å². The number of aryl methyl sites for hydroxylation is 1. The molecule has 1 amide bonds. The molecule has 108 valence electrons. The molecule has 1 N–H and O–H groups in total. The van der Waals surface area contributed by atoms with Gasteiger partial charge < -0.3 is 10.1 Å². The Morgan fingerprint density at radius 3 is 2.95 bits per heavy atom. The summed E-state index contributed by atoms with van der Waals surface area (Å²) in [5.41, 5.74) is 2.88. The summed E-state index contributed by atoms with van der Waals surface area (Å²) in [7, 11) is 0. The van der Waals surface area contributed by atoms with Crippen LogP contribution in [-0.2, 0) is 0 Å². The van der Waals surface area contributed by atoms with E-state index in [-0.39, 0.29) is 11.9 Å². The van der Waals surface area contributed by atoms with Gasteiger partial charge >= 0.3 is 0 Å². The van der Waals surface area contributed by atoms with Crippen molar-refractivity contribution in [3.8, 4) is 5.75 Å². The fourth-order valence-electron chi connectivity index (χ4n) is 2.54. The van der Waals surface area contributed by atoms with E-state index in [1.54, 1.807) is 0 Å². The average Bonchev–Trinajstić information content (AvgIpc) is 2.48. The number of carbonyl (C=O) groups is 1. The van der Waals surface area contributed by atoms with Crippen LogP contribution < -0.4 is 10.1 Å². The highest BCUT2D eigenvalue weighted by Gasteiger charge is 2.23. The van der Waals surface area contributed by atoms with Crippen molar-refractivity contribution in [3.63, 3.8) is 0 Å². The zero-order valence-electron chi connectivity index (χ0n) is 11.7.